The predicted octanol–water partition coefficient (Wildman–Crippen LogP) is 2.09. The van der Waals surface area contributed by atoms with E-state index in [9.17, 15) is 4.79 Å². The molecule has 0 unspecified atom stereocenters. The van der Waals surface area contributed by atoms with Gasteiger partial charge in [0, 0.05) is 20.7 Å². The van der Waals surface area contributed by atoms with Gasteiger partial charge in [-0.2, -0.15) is 0 Å². The largest absolute Gasteiger partial charge is 0.465 e. The molecule has 6 nitrogen and oxygen atoms in total. The average Bonchev–Trinajstić information content (AvgIpc) is 2.29. The summed E-state index contributed by atoms with van der Waals surface area (Å²) in [4.78, 5) is 12.5. The molecule has 0 saturated carbocycles. The number of ether oxygens (including phenoxy) is 1. The van der Waals surface area contributed by atoms with E-state index in [1.807, 2.05) is 11.9 Å². The van der Waals surface area contributed by atoms with Crippen LogP contribution in [0, 0.1) is 0 Å². The Balaban J connectivity index is 3.00. The van der Waals surface area contributed by atoms with E-state index in [2.05, 4.69) is 5.32 Å². The maximum atomic E-state index is 10.6. The van der Waals surface area contributed by atoms with Crippen LogP contribution in [0.2, 0.25) is 5.02 Å². The van der Waals surface area contributed by atoms with E-state index < -0.39 is 6.09 Å². The maximum Gasteiger partial charge on any atom is 0.409 e. The number of hydrogen-bond acceptors (Lipinski definition) is 4. The molecule has 7 heteroatoms. The summed E-state index contributed by atoms with van der Waals surface area (Å²) in [5.41, 5.74) is 6.97. The minimum absolute atomic E-state index is 0.284. The van der Waals surface area contributed by atoms with Gasteiger partial charge < -0.3 is 20.5 Å². The lowest BCUT2D eigenvalue weighted by atomic mass is 10.2. The van der Waals surface area contributed by atoms with Crippen LogP contribution in [0.1, 0.15) is 0 Å². The third-order valence-corrected chi connectivity index (χ3v) is 2.71. The van der Waals surface area contributed by atoms with Crippen molar-refractivity contribution in [2.75, 3.05) is 43.3 Å². The fourth-order valence-corrected chi connectivity index (χ4v) is 1.76. The molecule has 0 atom stereocenters. The third-order valence-electron chi connectivity index (χ3n) is 2.40. The van der Waals surface area contributed by atoms with Crippen molar-refractivity contribution in [2.45, 2.75) is 0 Å². The van der Waals surface area contributed by atoms with Gasteiger partial charge in [-0.25, -0.2) is 4.79 Å². The van der Waals surface area contributed by atoms with Gasteiger partial charge in [-0.15, -0.1) is 0 Å². The van der Waals surface area contributed by atoms with Crippen LogP contribution in [0.25, 0.3) is 0 Å². The van der Waals surface area contributed by atoms with Crippen LogP contribution in [0.15, 0.2) is 12.1 Å². The Morgan fingerprint density at radius 1 is 1.61 bits per heavy atom. The number of rotatable bonds is 5. The zero-order valence-corrected chi connectivity index (χ0v) is 11.0. The molecule has 0 fully saturated rings. The van der Waals surface area contributed by atoms with Gasteiger partial charge in [-0.3, -0.25) is 5.32 Å². The molecule has 0 heterocycles. The summed E-state index contributed by atoms with van der Waals surface area (Å²) in [6.45, 7) is 1.17. The van der Waals surface area contributed by atoms with Crippen LogP contribution < -0.4 is 16.0 Å². The van der Waals surface area contributed by atoms with Crippen LogP contribution in [0.4, 0.5) is 21.9 Å². The van der Waals surface area contributed by atoms with Crippen molar-refractivity contribution in [1.82, 2.24) is 0 Å². The molecule has 0 aliphatic rings. The lowest BCUT2D eigenvalue weighted by Gasteiger charge is -2.21. The van der Waals surface area contributed by atoms with E-state index in [0.29, 0.717) is 29.5 Å². The Hall–Kier alpha value is -1.66. The Labute approximate surface area is 110 Å². The van der Waals surface area contributed by atoms with Crippen molar-refractivity contribution in [2.24, 2.45) is 0 Å². The Morgan fingerprint density at radius 3 is 2.83 bits per heavy atom. The molecule has 0 spiro atoms. The summed E-state index contributed by atoms with van der Waals surface area (Å²) >= 11 is 6.07. The molecule has 0 aliphatic heterocycles. The monoisotopic (exact) mass is 273 g/mol. The zero-order chi connectivity index (χ0) is 13.7. The van der Waals surface area contributed by atoms with E-state index in [1.54, 1.807) is 13.2 Å². The topological polar surface area (TPSA) is 87.8 Å². The van der Waals surface area contributed by atoms with Crippen LogP contribution in [-0.4, -0.2) is 38.5 Å². The lowest BCUT2D eigenvalue weighted by molar-refractivity contribution is 0.206. The first-order chi connectivity index (χ1) is 8.45. The third kappa shape index (κ3) is 3.68. The normalized spacial score (nSPS) is 10.2. The predicted molar refractivity (Wildman–Crippen MR) is 72.7 cm³/mol. The van der Waals surface area contributed by atoms with E-state index >= 15 is 0 Å². The van der Waals surface area contributed by atoms with Crippen LogP contribution in [-0.2, 0) is 4.74 Å². The molecular weight excluding hydrogens is 258 g/mol. The number of carbonyl (C=O) groups is 1. The molecule has 0 aliphatic carbocycles. The second-order valence-electron chi connectivity index (χ2n) is 3.74. The van der Waals surface area contributed by atoms with Gasteiger partial charge in [0.25, 0.3) is 0 Å². The van der Waals surface area contributed by atoms with Crippen LogP contribution >= 0.6 is 11.6 Å². The molecular formula is C11H16ClN3O3. The second-order valence-corrected chi connectivity index (χ2v) is 4.14. The molecule has 1 aromatic carbocycles. The molecule has 0 saturated heterocycles. The highest BCUT2D eigenvalue weighted by molar-refractivity contribution is 6.33. The van der Waals surface area contributed by atoms with Gasteiger partial charge in [0.15, 0.2) is 0 Å². The smallest absolute Gasteiger partial charge is 0.409 e. The van der Waals surface area contributed by atoms with Gasteiger partial charge in [-0.1, -0.05) is 11.6 Å². The standard InChI is InChI=1S/C11H16ClN3O3/c1-15(3-4-18-2)10-6-9(14-11(16)17)8(13)5-7(10)12/h5-6,14H,3-4,13H2,1-2H3,(H,16,17). The second kappa shape index (κ2) is 6.32. The quantitative estimate of drug-likeness (QED) is 0.715. The molecule has 100 valence electrons. The SMILES string of the molecule is COCCN(C)c1cc(NC(=O)O)c(N)cc1Cl. The minimum Gasteiger partial charge on any atom is -0.465 e. The van der Waals surface area contributed by atoms with E-state index in [1.165, 1.54) is 6.07 Å². The first kappa shape index (κ1) is 14.4. The summed E-state index contributed by atoms with van der Waals surface area (Å²) in [7, 11) is 3.44. The number of nitrogens with two attached hydrogens (primary N) is 1. The van der Waals surface area contributed by atoms with E-state index in [4.69, 9.17) is 27.2 Å². The van der Waals surface area contributed by atoms with Crippen molar-refractivity contribution in [3.05, 3.63) is 17.2 Å². The highest BCUT2D eigenvalue weighted by atomic mass is 35.5. The Kier molecular flexibility index (Phi) is 5.06. The molecule has 1 rings (SSSR count). The maximum absolute atomic E-state index is 10.6. The van der Waals surface area contributed by atoms with Crippen LogP contribution in [0.5, 0.6) is 0 Å². The highest BCUT2D eigenvalue weighted by Gasteiger charge is 2.11. The number of hydrogen-bond donors (Lipinski definition) is 3. The molecule has 1 amide bonds. The summed E-state index contributed by atoms with van der Waals surface area (Å²) in [5.74, 6) is 0. The van der Waals surface area contributed by atoms with Gasteiger partial charge in [0.1, 0.15) is 0 Å². The Morgan fingerprint density at radius 2 is 2.28 bits per heavy atom. The van der Waals surface area contributed by atoms with Crippen molar-refractivity contribution in [3.63, 3.8) is 0 Å². The van der Waals surface area contributed by atoms with Gasteiger partial charge in [0.2, 0.25) is 0 Å². The van der Waals surface area contributed by atoms with Crippen LogP contribution in [0.3, 0.4) is 0 Å². The number of anilines is 3. The zero-order valence-electron chi connectivity index (χ0n) is 10.2. The number of halogens is 1. The van der Waals surface area contributed by atoms with Crippen molar-refractivity contribution < 1.29 is 14.6 Å². The number of benzene rings is 1. The number of carboxylic acid groups (broad SMARTS) is 1. The molecule has 18 heavy (non-hydrogen) atoms. The fourth-order valence-electron chi connectivity index (χ4n) is 1.44. The molecule has 0 radical (unpaired) electrons. The number of amides is 1. The highest BCUT2D eigenvalue weighted by Crippen LogP contribution is 2.33. The molecule has 1 aromatic rings. The minimum atomic E-state index is -1.17. The van der Waals surface area contributed by atoms with Gasteiger partial charge >= 0.3 is 6.09 Å². The summed E-state index contributed by atoms with van der Waals surface area (Å²) in [5, 5.41) is 11.4. The molecule has 0 aromatic heterocycles. The summed E-state index contributed by atoms with van der Waals surface area (Å²) in [6.07, 6.45) is -1.17. The molecule has 4 N–H and O–H groups in total. The number of likely N-dealkylation sites (N-methyl/N-ethyl adjacent to an activating group) is 1. The lowest BCUT2D eigenvalue weighted by Crippen LogP contribution is -2.22. The number of nitrogen functional groups attached to an aromatic ring is 1. The number of nitrogens with one attached hydrogen (secondary N) is 1. The van der Waals surface area contributed by atoms with E-state index in [-0.39, 0.29) is 5.69 Å². The van der Waals surface area contributed by atoms with Crippen molar-refractivity contribution in [1.29, 1.82) is 0 Å². The van der Waals surface area contributed by atoms with Gasteiger partial charge in [-0.05, 0) is 12.1 Å². The number of nitrogens with zero attached hydrogens (tertiary/aromatic N) is 1. The van der Waals surface area contributed by atoms with E-state index in [0.717, 1.165) is 0 Å². The first-order valence-corrected chi connectivity index (χ1v) is 5.62. The fraction of sp³-hybridized carbons (Fsp3) is 0.364. The average molecular weight is 274 g/mol. The first-order valence-electron chi connectivity index (χ1n) is 5.24. The number of methoxy groups -OCH3 is 1. The summed E-state index contributed by atoms with van der Waals surface area (Å²) in [6, 6.07) is 3.12. The Bertz CT molecular complexity index is 440. The van der Waals surface area contributed by atoms with Gasteiger partial charge in [0.05, 0.1) is 28.7 Å². The van der Waals surface area contributed by atoms with Crippen molar-refractivity contribution >= 4 is 34.8 Å². The van der Waals surface area contributed by atoms with Crippen molar-refractivity contribution in [3.8, 4) is 0 Å². The summed E-state index contributed by atoms with van der Waals surface area (Å²) < 4.78 is 4.97. The molecule has 0 bridgehead atoms.